The van der Waals surface area contributed by atoms with Crippen molar-refractivity contribution in [3.63, 3.8) is 0 Å². The molecule has 1 amide bonds. The molecule has 1 aromatic carbocycles. The van der Waals surface area contributed by atoms with Gasteiger partial charge in [-0.15, -0.1) is 0 Å². The summed E-state index contributed by atoms with van der Waals surface area (Å²) in [5.74, 6) is 1.14. The number of nitrogens with zero attached hydrogens (tertiary/aromatic N) is 4. The topological polar surface area (TPSA) is 78.6 Å². The van der Waals surface area contributed by atoms with Crippen molar-refractivity contribution in [3.05, 3.63) is 67.8 Å². The number of rotatable bonds is 7. The summed E-state index contributed by atoms with van der Waals surface area (Å²) in [6, 6.07) is 12.6. The third-order valence-electron chi connectivity index (χ3n) is 6.92. The van der Waals surface area contributed by atoms with E-state index >= 15 is 0 Å². The first-order chi connectivity index (χ1) is 17.3. The Labute approximate surface area is 221 Å². The first kappa shape index (κ1) is 26.1. The van der Waals surface area contributed by atoms with E-state index in [-0.39, 0.29) is 17.0 Å². The molecule has 0 atom stereocenters. The van der Waals surface area contributed by atoms with E-state index in [0.717, 1.165) is 43.7 Å². The van der Waals surface area contributed by atoms with Crippen LogP contribution in [0.25, 0.3) is 6.08 Å². The van der Waals surface area contributed by atoms with E-state index in [0.29, 0.717) is 33.9 Å². The van der Waals surface area contributed by atoms with Gasteiger partial charge in [-0.05, 0) is 49.3 Å². The van der Waals surface area contributed by atoms with E-state index in [2.05, 4.69) is 35.2 Å². The van der Waals surface area contributed by atoms with Crippen LogP contribution in [0.4, 0.5) is 5.82 Å². The maximum absolute atomic E-state index is 13.1. The van der Waals surface area contributed by atoms with Crippen molar-refractivity contribution in [1.82, 2.24) is 9.47 Å². The number of carbonyl (C=O) groups is 1. The van der Waals surface area contributed by atoms with Gasteiger partial charge in [0.15, 0.2) is 0 Å². The maximum Gasteiger partial charge on any atom is 0.270 e. The van der Waals surface area contributed by atoms with Crippen LogP contribution in [-0.4, -0.2) is 53.0 Å². The fourth-order valence-corrected chi connectivity index (χ4v) is 6.19. The molecule has 0 bridgehead atoms. The summed E-state index contributed by atoms with van der Waals surface area (Å²) in [4.78, 5) is 30.4. The molecule has 0 saturated carbocycles. The zero-order valence-corrected chi connectivity index (χ0v) is 22.5. The SMILES string of the molecule is COCCN1C(=O)C(=Cc2c(C)c(C#N)c(=O)n(C)c2N2CCC(Cc3ccccc3)CC2)SC1=S. The summed E-state index contributed by atoms with van der Waals surface area (Å²) in [5, 5.41) is 9.71. The minimum absolute atomic E-state index is 0.0984. The van der Waals surface area contributed by atoms with Crippen LogP contribution in [0.1, 0.15) is 35.1 Å². The van der Waals surface area contributed by atoms with Crippen molar-refractivity contribution in [2.75, 3.05) is 38.3 Å². The van der Waals surface area contributed by atoms with Crippen molar-refractivity contribution >= 4 is 46.1 Å². The Hall–Kier alpha value is -2.93. The zero-order chi connectivity index (χ0) is 25.8. The molecule has 0 N–H and O–H groups in total. The first-order valence-corrected chi connectivity index (χ1v) is 13.2. The van der Waals surface area contributed by atoms with Gasteiger partial charge in [-0.1, -0.05) is 54.3 Å². The number of carbonyl (C=O) groups excluding carboxylic acids is 1. The van der Waals surface area contributed by atoms with Crippen molar-refractivity contribution in [2.45, 2.75) is 26.2 Å². The standard InChI is InChI=1S/C27H30N4O3S2/c1-18-21(16-23-26(33)31(13-14-34-3)27(35)36-23)24(29(2)25(32)22(18)17-28)30-11-9-20(10-12-30)15-19-7-5-4-6-8-19/h4-8,16,20H,9-15H2,1-3H3. The van der Waals surface area contributed by atoms with E-state index in [4.69, 9.17) is 17.0 Å². The Morgan fingerprint density at radius 1 is 1.22 bits per heavy atom. The number of hydrogen-bond acceptors (Lipinski definition) is 7. The quantitative estimate of drug-likeness (QED) is 0.403. The monoisotopic (exact) mass is 522 g/mol. The predicted molar refractivity (Wildman–Crippen MR) is 148 cm³/mol. The van der Waals surface area contributed by atoms with Gasteiger partial charge in [0.25, 0.3) is 11.5 Å². The highest BCUT2D eigenvalue weighted by molar-refractivity contribution is 8.26. The number of benzene rings is 1. The molecule has 36 heavy (non-hydrogen) atoms. The molecule has 2 saturated heterocycles. The molecule has 9 heteroatoms. The van der Waals surface area contributed by atoms with Crippen LogP contribution in [0, 0.1) is 24.2 Å². The maximum atomic E-state index is 13.1. The van der Waals surface area contributed by atoms with Crippen LogP contribution < -0.4 is 10.5 Å². The summed E-state index contributed by atoms with van der Waals surface area (Å²) in [7, 11) is 3.29. The molecule has 0 radical (unpaired) electrons. The number of amides is 1. The number of methoxy groups -OCH3 is 1. The Balaban J connectivity index is 1.66. The fraction of sp³-hybridized carbons (Fsp3) is 0.407. The lowest BCUT2D eigenvalue weighted by molar-refractivity contribution is -0.122. The van der Waals surface area contributed by atoms with Gasteiger partial charge in [0, 0.05) is 32.8 Å². The molecule has 7 nitrogen and oxygen atoms in total. The van der Waals surface area contributed by atoms with Gasteiger partial charge in [0.1, 0.15) is 21.8 Å². The molecule has 2 aliphatic rings. The Morgan fingerprint density at radius 2 is 1.92 bits per heavy atom. The van der Waals surface area contributed by atoms with Gasteiger partial charge in [-0.3, -0.25) is 19.1 Å². The second-order valence-corrected chi connectivity index (χ2v) is 10.8. The lowest BCUT2D eigenvalue weighted by atomic mass is 9.90. The highest BCUT2D eigenvalue weighted by Crippen LogP contribution is 2.36. The number of hydrogen-bond donors (Lipinski definition) is 0. The Kier molecular flexibility index (Phi) is 8.29. The van der Waals surface area contributed by atoms with E-state index in [9.17, 15) is 14.9 Å². The normalized spacial score (nSPS) is 17.8. The summed E-state index contributed by atoms with van der Waals surface area (Å²) in [6.45, 7) is 4.15. The van der Waals surface area contributed by atoms with Crippen LogP contribution in [0.5, 0.6) is 0 Å². The molecule has 4 rings (SSSR count). The molecule has 0 spiro atoms. The molecular weight excluding hydrogens is 492 g/mol. The second kappa shape index (κ2) is 11.4. The number of pyridine rings is 1. The highest BCUT2D eigenvalue weighted by atomic mass is 32.2. The molecule has 0 aliphatic carbocycles. The number of thiocarbonyl (C=S) groups is 1. The number of anilines is 1. The average Bonchev–Trinajstić information content (AvgIpc) is 3.15. The minimum atomic E-state index is -0.318. The molecule has 0 unspecified atom stereocenters. The van der Waals surface area contributed by atoms with Gasteiger partial charge >= 0.3 is 0 Å². The van der Waals surface area contributed by atoms with E-state index < -0.39 is 0 Å². The number of thioether (sulfide) groups is 1. The highest BCUT2D eigenvalue weighted by Gasteiger charge is 2.33. The van der Waals surface area contributed by atoms with E-state index in [1.54, 1.807) is 31.7 Å². The van der Waals surface area contributed by atoms with Crippen molar-refractivity contribution in [1.29, 1.82) is 5.26 Å². The second-order valence-electron chi connectivity index (χ2n) is 9.16. The lowest BCUT2D eigenvalue weighted by Crippen LogP contribution is -2.39. The number of ether oxygens (including phenoxy) is 1. The molecule has 2 aromatic rings. The van der Waals surface area contributed by atoms with Crippen LogP contribution in [0.2, 0.25) is 0 Å². The molecule has 188 valence electrons. The van der Waals surface area contributed by atoms with Crippen LogP contribution >= 0.6 is 24.0 Å². The largest absolute Gasteiger partial charge is 0.383 e. The van der Waals surface area contributed by atoms with Gasteiger partial charge in [-0.2, -0.15) is 5.26 Å². The average molecular weight is 523 g/mol. The lowest BCUT2D eigenvalue weighted by Gasteiger charge is -2.36. The van der Waals surface area contributed by atoms with Gasteiger partial charge in [-0.25, -0.2) is 0 Å². The van der Waals surface area contributed by atoms with Crippen LogP contribution in [-0.2, 0) is 23.0 Å². The van der Waals surface area contributed by atoms with Crippen molar-refractivity contribution < 1.29 is 9.53 Å². The predicted octanol–water partition coefficient (Wildman–Crippen LogP) is 3.87. The molecule has 2 fully saturated rings. The van der Waals surface area contributed by atoms with Gasteiger partial charge in [0.2, 0.25) is 0 Å². The molecule has 3 heterocycles. The van der Waals surface area contributed by atoms with Crippen molar-refractivity contribution in [3.8, 4) is 6.07 Å². The minimum Gasteiger partial charge on any atom is -0.383 e. The Bertz CT molecular complexity index is 1290. The number of piperidine rings is 1. The summed E-state index contributed by atoms with van der Waals surface area (Å²) < 4.78 is 7.15. The van der Waals surface area contributed by atoms with Gasteiger partial charge < -0.3 is 9.64 Å². The summed E-state index contributed by atoms with van der Waals surface area (Å²) >= 11 is 6.67. The number of nitriles is 1. The van der Waals surface area contributed by atoms with Crippen LogP contribution in [0.15, 0.2) is 40.0 Å². The third-order valence-corrected chi connectivity index (χ3v) is 8.30. The number of aromatic nitrogens is 1. The smallest absolute Gasteiger partial charge is 0.270 e. The first-order valence-electron chi connectivity index (χ1n) is 12.0. The molecule has 2 aliphatic heterocycles. The fourth-order valence-electron chi connectivity index (χ4n) is 4.90. The van der Waals surface area contributed by atoms with E-state index in [1.165, 1.54) is 22.2 Å². The van der Waals surface area contributed by atoms with Crippen LogP contribution in [0.3, 0.4) is 0 Å². The summed E-state index contributed by atoms with van der Waals surface area (Å²) in [6.07, 6.45) is 4.84. The van der Waals surface area contributed by atoms with Crippen molar-refractivity contribution in [2.24, 2.45) is 13.0 Å². The summed E-state index contributed by atoms with van der Waals surface area (Å²) in [5.41, 5.74) is 2.43. The van der Waals surface area contributed by atoms with Gasteiger partial charge in [0.05, 0.1) is 18.1 Å². The molecule has 1 aromatic heterocycles. The third kappa shape index (κ3) is 5.26. The zero-order valence-electron chi connectivity index (χ0n) is 20.8. The van der Waals surface area contributed by atoms with E-state index in [1.807, 2.05) is 6.07 Å². The molecular formula is C27H30N4O3S2. The Morgan fingerprint density at radius 3 is 2.56 bits per heavy atom.